The van der Waals surface area contributed by atoms with Gasteiger partial charge in [0.25, 0.3) is 0 Å². The number of hydrogen-bond acceptors (Lipinski definition) is 3. The molecule has 0 spiro atoms. The molecule has 2 unspecified atom stereocenters. The maximum Gasteiger partial charge on any atom is 0.246 e. The summed E-state index contributed by atoms with van der Waals surface area (Å²) in [6, 6.07) is 5.92. The van der Waals surface area contributed by atoms with Gasteiger partial charge in [0.1, 0.15) is 17.8 Å². The fourth-order valence-electron chi connectivity index (χ4n) is 2.61. The second-order valence-electron chi connectivity index (χ2n) is 5.63. The van der Waals surface area contributed by atoms with Crippen LogP contribution in [-0.2, 0) is 16.1 Å². The highest BCUT2D eigenvalue weighted by molar-refractivity contribution is 5.97. The van der Waals surface area contributed by atoms with Crippen LogP contribution in [0.4, 0.5) is 0 Å². The Labute approximate surface area is 117 Å². The minimum Gasteiger partial charge on any atom is -0.508 e. The summed E-state index contributed by atoms with van der Waals surface area (Å²) >= 11 is 0. The van der Waals surface area contributed by atoms with Crippen molar-refractivity contribution in [1.82, 2.24) is 10.2 Å². The molecule has 0 bridgehead atoms. The summed E-state index contributed by atoms with van der Waals surface area (Å²) in [5.74, 6) is 0.426. The molecule has 3 rings (SSSR count). The molecule has 0 aromatic heterocycles. The maximum atomic E-state index is 12.5. The number of rotatable bonds is 3. The SMILES string of the molecule is CC1C(=O)NC(C2CC2)C(=O)N1Cc1ccc(O)cc1. The van der Waals surface area contributed by atoms with E-state index in [0.717, 1.165) is 18.4 Å². The van der Waals surface area contributed by atoms with Gasteiger partial charge in [-0.2, -0.15) is 0 Å². The average Bonchev–Trinajstić information content (AvgIpc) is 3.25. The van der Waals surface area contributed by atoms with Gasteiger partial charge < -0.3 is 15.3 Å². The molecule has 1 saturated carbocycles. The molecule has 2 N–H and O–H groups in total. The Morgan fingerprint density at radius 2 is 1.90 bits per heavy atom. The molecule has 1 saturated heterocycles. The maximum absolute atomic E-state index is 12.5. The normalized spacial score (nSPS) is 26.6. The number of hydrogen-bond donors (Lipinski definition) is 2. The van der Waals surface area contributed by atoms with Crippen LogP contribution in [0.3, 0.4) is 0 Å². The van der Waals surface area contributed by atoms with Crippen molar-refractivity contribution in [2.45, 2.75) is 38.4 Å². The second kappa shape index (κ2) is 4.81. The first-order valence-corrected chi connectivity index (χ1v) is 6.95. The summed E-state index contributed by atoms with van der Waals surface area (Å²) in [6.45, 7) is 2.15. The van der Waals surface area contributed by atoms with Crippen molar-refractivity contribution in [3.05, 3.63) is 29.8 Å². The Morgan fingerprint density at radius 3 is 2.50 bits per heavy atom. The lowest BCUT2D eigenvalue weighted by Gasteiger charge is -2.37. The fourth-order valence-corrected chi connectivity index (χ4v) is 2.61. The lowest BCUT2D eigenvalue weighted by Crippen LogP contribution is -2.62. The van der Waals surface area contributed by atoms with Crippen LogP contribution >= 0.6 is 0 Å². The highest BCUT2D eigenvalue weighted by atomic mass is 16.3. The molecule has 5 heteroatoms. The molecule has 2 amide bonds. The molecule has 20 heavy (non-hydrogen) atoms. The van der Waals surface area contributed by atoms with Gasteiger partial charge in [-0.3, -0.25) is 9.59 Å². The summed E-state index contributed by atoms with van der Waals surface area (Å²) in [7, 11) is 0. The van der Waals surface area contributed by atoms with Crippen molar-refractivity contribution in [2.75, 3.05) is 0 Å². The molecular weight excluding hydrogens is 256 g/mol. The van der Waals surface area contributed by atoms with Gasteiger partial charge in [0.05, 0.1) is 0 Å². The Hall–Kier alpha value is -2.04. The topological polar surface area (TPSA) is 69.6 Å². The Bertz CT molecular complexity index is 537. The quantitative estimate of drug-likeness (QED) is 0.864. The van der Waals surface area contributed by atoms with Gasteiger partial charge in [0.15, 0.2) is 0 Å². The summed E-state index contributed by atoms with van der Waals surface area (Å²) in [4.78, 5) is 26.1. The molecule has 2 aliphatic rings. The van der Waals surface area contributed by atoms with E-state index in [1.54, 1.807) is 36.1 Å². The van der Waals surface area contributed by atoms with Gasteiger partial charge in [-0.1, -0.05) is 12.1 Å². The Balaban J connectivity index is 1.79. The zero-order valence-electron chi connectivity index (χ0n) is 11.4. The van der Waals surface area contributed by atoms with Crippen molar-refractivity contribution < 1.29 is 14.7 Å². The van der Waals surface area contributed by atoms with Gasteiger partial charge in [-0.25, -0.2) is 0 Å². The van der Waals surface area contributed by atoms with Crippen LogP contribution < -0.4 is 5.32 Å². The first-order chi connectivity index (χ1) is 9.56. The predicted molar refractivity (Wildman–Crippen MR) is 72.8 cm³/mol. The van der Waals surface area contributed by atoms with E-state index in [2.05, 4.69) is 5.32 Å². The van der Waals surface area contributed by atoms with Crippen LogP contribution in [0.5, 0.6) is 5.75 Å². The van der Waals surface area contributed by atoms with Crippen LogP contribution in [0.15, 0.2) is 24.3 Å². The van der Waals surface area contributed by atoms with Crippen LogP contribution in [0, 0.1) is 5.92 Å². The second-order valence-corrected chi connectivity index (χ2v) is 5.63. The van der Waals surface area contributed by atoms with E-state index in [4.69, 9.17) is 0 Å². The van der Waals surface area contributed by atoms with Crippen molar-refractivity contribution >= 4 is 11.8 Å². The summed E-state index contributed by atoms with van der Waals surface area (Å²) in [6.07, 6.45) is 2.02. The Morgan fingerprint density at radius 1 is 1.25 bits per heavy atom. The average molecular weight is 274 g/mol. The molecule has 1 aromatic carbocycles. The molecule has 106 valence electrons. The number of aromatic hydroxyl groups is 1. The van der Waals surface area contributed by atoms with Crippen molar-refractivity contribution in [3.63, 3.8) is 0 Å². The van der Waals surface area contributed by atoms with E-state index in [0.29, 0.717) is 12.5 Å². The minimum absolute atomic E-state index is 0.00711. The number of carbonyl (C=O) groups excluding carboxylic acids is 2. The molecule has 1 aliphatic heterocycles. The van der Waals surface area contributed by atoms with Crippen LogP contribution in [0.1, 0.15) is 25.3 Å². The van der Waals surface area contributed by atoms with E-state index >= 15 is 0 Å². The lowest BCUT2D eigenvalue weighted by atomic mass is 10.0. The van der Waals surface area contributed by atoms with Crippen LogP contribution in [0.2, 0.25) is 0 Å². The van der Waals surface area contributed by atoms with Gasteiger partial charge in [-0.05, 0) is 43.4 Å². The lowest BCUT2D eigenvalue weighted by molar-refractivity contribution is -0.149. The van der Waals surface area contributed by atoms with E-state index in [1.807, 2.05) is 0 Å². The summed E-state index contributed by atoms with van der Waals surface area (Å²) in [5.41, 5.74) is 0.909. The summed E-state index contributed by atoms with van der Waals surface area (Å²) in [5, 5.41) is 12.1. The van der Waals surface area contributed by atoms with Gasteiger partial charge in [-0.15, -0.1) is 0 Å². The largest absolute Gasteiger partial charge is 0.508 e. The van der Waals surface area contributed by atoms with E-state index in [1.165, 1.54) is 0 Å². The minimum atomic E-state index is -0.452. The zero-order valence-corrected chi connectivity index (χ0v) is 11.4. The molecule has 1 aromatic rings. The molecule has 5 nitrogen and oxygen atoms in total. The third kappa shape index (κ3) is 2.35. The van der Waals surface area contributed by atoms with E-state index in [-0.39, 0.29) is 23.6 Å². The Kier molecular flexibility index (Phi) is 3.12. The third-order valence-electron chi connectivity index (χ3n) is 4.08. The fraction of sp³-hybridized carbons (Fsp3) is 0.467. The van der Waals surface area contributed by atoms with Gasteiger partial charge in [0, 0.05) is 6.54 Å². The van der Waals surface area contributed by atoms with Crippen molar-refractivity contribution in [1.29, 1.82) is 0 Å². The summed E-state index contributed by atoms with van der Waals surface area (Å²) < 4.78 is 0. The predicted octanol–water partition coefficient (Wildman–Crippen LogP) is 1.02. The van der Waals surface area contributed by atoms with Crippen LogP contribution in [-0.4, -0.2) is 33.9 Å². The third-order valence-corrected chi connectivity index (χ3v) is 4.08. The van der Waals surface area contributed by atoms with Crippen molar-refractivity contribution in [3.8, 4) is 5.75 Å². The first kappa shape index (κ1) is 13.0. The number of amides is 2. The number of nitrogens with zero attached hydrogens (tertiary/aromatic N) is 1. The molecule has 2 atom stereocenters. The monoisotopic (exact) mass is 274 g/mol. The number of carbonyl (C=O) groups is 2. The first-order valence-electron chi connectivity index (χ1n) is 6.95. The van der Waals surface area contributed by atoms with Crippen LogP contribution in [0.25, 0.3) is 0 Å². The smallest absolute Gasteiger partial charge is 0.246 e. The number of phenolic OH excluding ortho intramolecular Hbond substituents is 1. The number of nitrogens with one attached hydrogen (secondary N) is 1. The number of piperazine rings is 1. The highest BCUT2D eigenvalue weighted by Crippen LogP contribution is 2.35. The van der Waals surface area contributed by atoms with Gasteiger partial charge >= 0.3 is 0 Å². The standard InChI is InChI=1S/C15H18N2O3/c1-9-14(19)16-13(11-4-5-11)15(20)17(9)8-10-2-6-12(18)7-3-10/h2-3,6-7,9,11,13,18H,4-5,8H2,1H3,(H,16,19). The van der Waals surface area contributed by atoms with E-state index < -0.39 is 6.04 Å². The number of phenols is 1. The molecule has 0 radical (unpaired) electrons. The molecular formula is C15H18N2O3. The highest BCUT2D eigenvalue weighted by Gasteiger charge is 2.45. The molecule has 1 aliphatic carbocycles. The number of benzene rings is 1. The van der Waals surface area contributed by atoms with Gasteiger partial charge in [0.2, 0.25) is 11.8 Å². The van der Waals surface area contributed by atoms with E-state index in [9.17, 15) is 14.7 Å². The molecule has 1 heterocycles. The molecule has 2 fully saturated rings. The van der Waals surface area contributed by atoms with Crippen molar-refractivity contribution in [2.24, 2.45) is 5.92 Å². The zero-order chi connectivity index (χ0) is 14.3.